The molecule has 0 N–H and O–H groups in total. The summed E-state index contributed by atoms with van der Waals surface area (Å²) in [6, 6.07) is 7.25. The molecular formula is C10H8Cl2N4. The molecule has 6 heteroatoms. The maximum atomic E-state index is 6.15. The monoisotopic (exact) mass is 254 g/mol. The molecule has 0 atom stereocenters. The minimum absolute atomic E-state index is 0.476. The summed E-state index contributed by atoms with van der Waals surface area (Å²) in [4.78, 5) is 0. The third-order valence-corrected chi connectivity index (χ3v) is 2.92. The molecule has 0 fully saturated rings. The first-order valence-corrected chi connectivity index (χ1v) is 5.27. The summed E-state index contributed by atoms with van der Waals surface area (Å²) in [7, 11) is 0. The van der Waals surface area contributed by atoms with Gasteiger partial charge in [0.2, 0.25) is 0 Å². The van der Waals surface area contributed by atoms with Crippen molar-refractivity contribution in [1.82, 2.24) is 15.4 Å². The number of rotatable bonds is 2. The molecule has 2 rings (SSSR count). The van der Waals surface area contributed by atoms with Gasteiger partial charge < -0.3 is 0 Å². The van der Waals surface area contributed by atoms with Gasteiger partial charge in [0, 0.05) is 17.8 Å². The van der Waals surface area contributed by atoms with Gasteiger partial charge in [-0.3, -0.25) is 0 Å². The predicted molar refractivity (Wildman–Crippen MR) is 64.0 cm³/mol. The second kappa shape index (κ2) is 4.63. The van der Waals surface area contributed by atoms with E-state index in [-0.39, 0.29) is 0 Å². The molecule has 4 nitrogen and oxygen atoms in total. The summed E-state index contributed by atoms with van der Waals surface area (Å²) in [5.41, 5.74) is 1.62. The second-order valence-corrected chi connectivity index (χ2v) is 3.88. The van der Waals surface area contributed by atoms with Crippen molar-refractivity contribution in [3.63, 3.8) is 0 Å². The second-order valence-electron chi connectivity index (χ2n) is 3.17. The number of hydrogen-bond donors (Lipinski definition) is 0. The van der Waals surface area contributed by atoms with Crippen LogP contribution in [0.1, 0.15) is 5.56 Å². The zero-order valence-corrected chi connectivity index (χ0v) is 9.94. The van der Waals surface area contributed by atoms with E-state index in [0.29, 0.717) is 16.5 Å². The minimum atomic E-state index is 0.476. The van der Waals surface area contributed by atoms with Crippen LogP contribution in [-0.4, -0.2) is 15.4 Å². The lowest BCUT2D eigenvalue weighted by Crippen LogP contribution is -2.06. The van der Waals surface area contributed by atoms with Gasteiger partial charge in [0.15, 0.2) is 5.82 Å². The summed E-state index contributed by atoms with van der Waals surface area (Å²) < 4.78 is 1.35. The van der Waals surface area contributed by atoms with Crippen molar-refractivity contribution >= 4 is 34.9 Å². The Bertz CT molecular complexity index is 489. The molecule has 0 saturated carbocycles. The number of anilines is 2. The molecule has 0 radical (unpaired) electrons. The largest absolute Gasteiger partial charge is 0.233 e. The van der Waals surface area contributed by atoms with Crippen LogP contribution in [0.5, 0.6) is 0 Å². The molecular weight excluding hydrogens is 247 g/mol. The molecule has 0 spiro atoms. The Hall–Kier alpha value is -1.39. The predicted octanol–water partition coefficient (Wildman–Crippen LogP) is 3.13. The smallest absolute Gasteiger partial charge is 0.173 e. The van der Waals surface area contributed by atoms with E-state index in [9.17, 15) is 0 Å². The van der Waals surface area contributed by atoms with Crippen molar-refractivity contribution in [2.45, 2.75) is 6.92 Å². The fourth-order valence-electron chi connectivity index (χ4n) is 1.25. The highest BCUT2D eigenvalue weighted by molar-refractivity contribution is 6.37. The van der Waals surface area contributed by atoms with Gasteiger partial charge in [-0.25, -0.2) is 4.42 Å². The van der Waals surface area contributed by atoms with Gasteiger partial charge in [-0.05, 0) is 23.8 Å². The molecule has 1 heterocycles. The summed E-state index contributed by atoms with van der Waals surface area (Å²) in [6.07, 6.45) is 1.52. The van der Waals surface area contributed by atoms with Gasteiger partial charge in [0.25, 0.3) is 0 Å². The van der Waals surface area contributed by atoms with Crippen molar-refractivity contribution in [3.05, 3.63) is 41.0 Å². The van der Waals surface area contributed by atoms with Crippen LogP contribution in [0.3, 0.4) is 0 Å². The van der Waals surface area contributed by atoms with Crippen LogP contribution in [0.4, 0.5) is 11.5 Å². The number of nitrogens with zero attached hydrogens (tertiary/aromatic N) is 4. The summed E-state index contributed by atoms with van der Waals surface area (Å²) in [6.45, 7) is 1.91. The summed E-state index contributed by atoms with van der Waals surface area (Å²) in [5, 5.41) is 11.5. The van der Waals surface area contributed by atoms with Crippen LogP contribution < -0.4 is 4.42 Å². The van der Waals surface area contributed by atoms with Crippen molar-refractivity contribution in [2.24, 2.45) is 0 Å². The Morgan fingerprint density at radius 3 is 2.75 bits per heavy atom. The molecule has 0 bridgehead atoms. The van der Waals surface area contributed by atoms with Crippen LogP contribution in [-0.2, 0) is 0 Å². The number of benzene rings is 1. The molecule has 0 aliphatic carbocycles. The SMILES string of the molecule is Cc1cccc(N(Cl)c2ccnnn2)c1Cl. The third kappa shape index (κ3) is 2.08. The molecule has 0 aliphatic rings. The average molecular weight is 255 g/mol. The Morgan fingerprint density at radius 2 is 2.06 bits per heavy atom. The Morgan fingerprint density at radius 1 is 1.25 bits per heavy atom. The van der Waals surface area contributed by atoms with Gasteiger partial charge in [0.1, 0.15) is 0 Å². The third-order valence-electron chi connectivity index (χ3n) is 2.07. The first-order chi connectivity index (χ1) is 7.70. The normalized spacial score (nSPS) is 10.2. The van der Waals surface area contributed by atoms with E-state index in [1.165, 1.54) is 10.6 Å². The highest BCUT2D eigenvalue weighted by atomic mass is 35.5. The van der Waals surface area contributed by atoms with E-state index in [0.717, 1.165) is 5.56 Å². The Labute approximate surface area is 103 Å². The molecule has 1 aromatic heterocycles. The molecule has 0 amide bonds. The Kier molecular flexibility index (Phi) is 3.22. The molecule has 2 aromatic rings. The van der Waals surface area contributed by atoms with Gasteiger partial charge in [-0.1, -0.05) is 23.7 Å². The van der Waals surface area contributed by atoms with Gasteiger partial charge in [-0.15, -0.1) is 10.2 Å². The topological polar surface area (TPSA) is 41.9 Å². The van der Waals surface area contributed by atoms with Crippen molar-refractivity contribution in [1.29, 1.82) is 0 Å². The zero-order chi connectivity index (χ0) is 11.5. The van der Waals surface area contributed by atoms with Crippen LogP contribution >= 0.6 is 23.4 Å². The van der Waals surface area contributed by atoms with Gasteiger partial charge in [-0.2, -0.15) is 0 Å². The summed E-state index contributed by atoms with van der Waals surface area (Å²) in [5.74, 6) is 0.476. The van der Waals surface area contributed by atoms with Crippen LogP contribution in [0.25, 0.3) is 0 Å². The molecule has 0 saturated heterocycles. The number of aromatic nitrogens is 3. The van der Waals surface area contributed by atoms with Crippen molar-refractivity contribution < 1.29 is 0 Å². The van der Waals surface area contributed by atoms with E-state index >= 15 is 0 Å². The first kappa shape index (κ1) is 11.1. The zero-order valence-electron chi connectivity index (χ0n) is 8.43. The number of halogens is 2. The lowest BCUT2D eigenvalue weighted by atomic mass is 10.2. The molecule has 1 aromatic carbocycles. The molecule has 0 aliphatic heterocycles. The van der Waals surface area contributed by atoms with Crippen LogP contribution in [0, 0.1) is 6.92 Å². The number of aryl methyl sites for hydroxylation is 1. The van der Waals surface area contributed by atoms with E-state index < -0.39 is 0 Å². The fraction of sp³-hybridized carbons (Fsp3) is 0.100. The number of hydrogen-bond acceptors (Lipinski definition) is 4. The minimum Gasteiger partial charge on any atom is -0.233 e. The lowest BCUT2D eigenvalue weighted by molar-refractivity contribution is 0.864. The average Bonchev–Trinajstić information content (AvgIpc) is 2.33. The molecule has 16 heavy (non-hydrogen) atoms. The van der Waals surface area contributed by atoms with Crippen LogP contribution in [0.15, 0.2) is 30.5 Å². The van der Waals surface area contributed by atoms with Crippen molar-refractivity contribution in [3.8, 4) is 0 Å². The van der Waals surface area contributed by atoms with E-state index in [1.807, 2.05) is 25.1 Å². The first-order valence-electron chi connectivity index (χ1n) is 4.55. The maximum Gasteiger partial charge on any atom is 0.173 e. The van der Waals surface area contributed by atoms with Gasteiger partial charge >= 0.3 is 0 Å². The summed E-state index contributed by atoms with van der Waals surface area (Å²) >= 11 is 12.3. The maximum absolute atomic E-state index is 6.15. The Balaban J connectivity index is 2.42. The fourth-order valence-corrected chi connectivity index (χ4v) is 1.73. The molecule has 0 unspecified atom stereocenters. The van der Waals surface area contributed by atoms with E-state index in [1.54, 1.807) is 6.07 Å². The standard InChI is InChI=1S/C10H8Cl2N4/c1-7-3-2-4-8(10(7)11)16(12)9-5-6-13-15-14-9/h2-6H,1H3. The highest BCUT2D eigenvalue weighted by Crippen LogP contribution is 2.33. The van der Waals surface area contributed by atoms with E-state index in [2.05, 4.69) is 15.4 Å². The lowest BCUT2D eigenvalue weighted by Gasteiger charge is -2.15. The quantitative estimate of drug-likeness (QED) is 0.773. The van der Waals surface area contributed by atoms with Gasteiger partial charge in [0.05, 0.1) is 16.9 Å². The molecule has 82 valence electrons. The van der Waals surface area contributed by atoms with E-state index in [4.69, 9.17) is 23.4 Å². The van der Waals surface area contributed by atoms with Crippen LogP contribution in [0.2, 0.25) is 5.02 Å². The van der Waals surface area contributed by atoms with Crippen molar-refractivity contribution in [2.75, 3.05) is 4.42 Å². The highest BCUT2D eigenvalue weighted by Gasteiger charge is 2.12.